The average Bonchev–Trinajstić information content (AvgIpc) is 2.14. The van der Waals surface area contributed by atoms with Crippen LogP contribution in [0.4, 0.5) is 0 Å². The molecule has 0 N–H and O–H groups in total. The zero-order chi connectivity index (χ0) is 8.65. The van der Waals surface area contributed by atoms with Crippen LogP contribution in [0.3, 0.4) is 0 Å². The number of nitrogens with zero attached hydrogens (tertiary/aromatic N) is 1. The predicted molar refractivity (Wildman–Crippen MR) is 55.3 cm³/mol. The minimum atomic E-state index is 0.738. The predicted octanol–water partition coefficient (Wildman–Crippen LogP) is 3.27. The molecule has 1 aliphatic carbocycles. The van der Waals surface area contributed by atoms with Crippen LogP contribution in [0.15, 0.2) is 4.99 Å². The summed E-state index contributed by atoms with van der Waals surface area (Å²) in [6.45, 7) is 0.917. The number of alkyl halides is 1. The van der Waals surface area contributed by atoms with Crippen LogP contribution in [0.5, 0.6) is 0 Å². The molecule has 1 fully saturated rings. The van der Waals surface area contributed by atoms with Crippen molar-refractivity contribution in [2.75, 3.05) is 12.4 Å². The summed E-state index contributed by atoms with van der Waals surface area (Å²) in [6, 6.07) is 0. The lowest BCUT2D eigenvalue weighted by Gasteiger charge is -2.16. The molecule has 0 aromatic carbocycles. The van der Waals surface area contributed by atoms with Gasteiger partial charge in [0.25, 0.3) is 0 Å². The van der Waals surface area contributed by atoms with E-state index < -0.39 is 0 Å². The molecule has 0 unspecified atom stereocenters. The summed E-state index contributed by atoms with van der Waals surface area (Å²) in [5.74, 6) is 1.51. The van der Waals surface area contributed by atoms with Crippen molar-refractivity contribution in [2.24, 2.45) is 10.9 Å². The zero-order valence-electron chi connectivity index (χ0n) is 7.64. The van der Waals surface area contributed by atoms with Crippen LogP contribution in [0.1, 0.15) is 38.5 Å². The Labute approximate surface area is 80.2 Å². The van der Waals surface area contributed by atoms with Crippen LogP contribution in [0.2, 0.25) is 0 Å². The van der Waals surface area contributed by atoms with Crippen LogP contribution in [-0.2, 0) is 0 Å². The van der Waals surface area contributed by atoms with E-state index in [1.54, 1.807) is 0 Å². The van der Waals surface area contributed by atoms with Gasteiger partial charge in [-0.15, -0.1) is 11.6 Å². The van der Waals surface area contributed by atoms with Gasteiger partial charge in [0, 0.05) is 18.6 Å². The fourth-order valence-corrected chi connectivity index (χ4v) is 1.78. The summed E-state index contributed by atoms with van der Waals surface area (Å²) < 4.78 is 0. The first-order chi connectivity index (χ1) is 5.93. The molecule has 1 rings (SSSR count). The molecule has 0 atom stereocenters. The molecule has 0 amide bonds. The summed E-state index contributed by atoms with van der Waals surface area (Å²) >= 11 is 5.55. The van der Waals surface area contributed by atoms with Crippen molar-refractivity contribution in [1.82, 2.24) is 0 Å². The lowest BCUT2D eigenvalue weighted by Crippen LogP contribution is -2.07. The van der Waals surface area contributed by atoms with Gasteiger partial charge in [0.2, 0.25) is 0 Å². The SMILES string of the molecule is ClCCCN=CC1CCCCC1. The molecule has 0 saturated heterocycles. The van der Waals surface area contributed by atoms with E-state index in [4.69, 9.17) is 11.6 Å². The molecular weight excluding hydrogens is 170 g/mol. The number of hydrogen-bond donors (Lipinski definition) is 0. The fourth-order valence-electron chi connectivity index (χ4n) is 1.66. The summed E-state index contributed by atoms with van der Waals surface area (Å²) in [7, 11) is 0. The Kier molecular flexibility index (Phi) is 5.42. The zero-order valence-corrected chi connectivity index (χ0v) is 8.39. The lowest BCUT2D eigenvalue weighted by atomic mass is 9.90. The molecule has 0 radical (unpaired) electrons. The molecule has 0 aromatic heterocycles. The Morgan fingerprint density at radius 2 is 2.00 bits per heavy atom. The molecule has 2 heteroatoms. The fraction of sp³-hybridized carbons (Fsp3) is 0.900. The first kappa shape index (κ1) is 10.0. The van der Waals surface area contributed by atoms with E-state index in [0.717, 1.165) is 24.8 Å². The number of hydrogen-bond acceptors (Lipinski definition) is 1. The summed E-state index contributed by atoms with van der Waals surface area (Å²) in [4.78, 5) is 4.38. The van der Waals surface area contributed by atoms with Crippen LogP contribution < -0.4 is 0 Å². The van der Waals surface area contributed by atoms with Crippen molar-refractivity contribution in [3.05, 3.63) is 0 Å². The highest BCUT2D eigenvalue weighted by Crippen LogP contribution is 2.21. The molecule has 0 aromatic rings. The van der Waals surface area contributed by atoms with Gasteiger partial charge in [-0.25, -0.2) is 0 Å². The Balaban J connectivity index is 2.07. The molecule has 1 saturated carbocycles. The summed E-state index contributed by atoms with van der Waals surface area (Å²) in [5.41, 5.74) is 0. The second kappa shape index (κ2) is 6.47. The van der Waals surface area contributed by atoms with E-state index in [2.05, 4.69) is 11.2 Å². The van der Waals surface area contributed by atoms with E-state index in [1.165, 1.54) is 32.1 Å². The largest absolute Gasteiger partial charge is 0.297 e. The Morgan fingerprint density at radius 3 is 2.67 bits per heavy atom. The second-order valence-electron chi connectivity index (χ2n) is 3.50. The highest BCUT2D eigenvalue weighted by Gasteiger charge is 2.09. The van der Waals surface area contributed by atoms with E-state index in [9.17, 15) is 0 Å². The van der Waals surface area contributed by atoms with Crippen molar-refractivity contribution in [2.45, 2.75) is 38.5 Å². The Morgan fingerprint density at radius 1 is 1.25 bits per heavy atom. The third-order valence-corrected chi connectivity index (χ3v) is 2.65. The van der Waals surface area contributed by atoms with E-state index in [1.807, 2.05) is 0 Å². The van der Waals surface area contributed by atoms with Gasteiger partial charge in [-0.1, -0.05) is 19.3 Å². The van der Waals surface area contributed by atoms with Crippen molar-refractivity contribution >= 4 is 17.8 Å². The van der Waals surface area contributed by atoms with Gasteiger partial charge in [-0.3, -0.25) is 4.99 Å². The Hall–Kier alpha value is -0.0400. The highest BCUT2D eigenvalue weighted by molar-refractivity contribution is 6.17. The van der Waals surface area contributed by atoms with Gasteiger partial charge in [0.15, 0.2) is 0 Å². The summed E-state index contributed by atoms with van der Waals surface area (Å²) in [6.07, 6.45) is 10.1. The van der Waals surface area contributed by atoms with Gasteiger partial charge in [-0.2, -0.15) is 0 Å². The van der Waals surface area contributed by atoms with E-state index >= 15 is 0 Å². The minimum Gasteiger partial charge on any atom is -0.297 e. The number of aliphatic imine (C=N–C) groups is 1. The van der Waals surface area contributed by atoms with Crippen molar-refractivity contribution < 1.29 is 0 Å². The standard InChI is InChI=1S/C10H18ClN/c11-7-4-8-12-9-10-5-2-1-3-6-10/h9-10H,1-8H2. The molecule has 1 aliphatic rings. The van der Waals surface area contributed by atoms with Crippen LogP contribution >= 0.6 is 11.6 Å². The van der Waals surface area contributed by atoms with Crippen LogP contribution in [0.25, 0.3) is 0 Å². The number of halogens is 1. The van der Waals surface area contributed by atoms with Crippen LogP contribution in [0, 0.1) is 5.92 Å². The second-order valence-corrected chi connectivity index (χ2v) is 3.87. The Bertz CT molecular complexity index is 128. The van der Waals surface area contributed by atoms with Gasteiger partial charge in [0.05, 0.1) is 0 Å². The molecule has 0 heterocycles. The highest BCUT2D eigenvalue weighted by atomic mass is 35.5. The smallest absolute Gasteiger partial charge is 0.0396 e. The van der Waals surface area contributed by atoms with E-state index in [0.29, 0.717) is 0 Å². The van der Waals surface area contributed by atoms with Gasteiger partial charge >= 0.3 is 0 Å². The third kappa shape index (κ3) is 4.10. The maximum atomic E-state index is 5.55. The molecular formula is C10H18ClN. The summed E-state index contributed by atoms with van der Waals surface area (Å²) in [5, 5.41) is 0. The van der Waals surface area contributed by atoms with Crippen molar-refractivity contribution in [3.8, 4) is 0 Å². The average molecular weight is 188 g/mol. The molecule has 0 bridgehead atoms. The molecule has 70 valence electrons. The quantitative estimate of drug-likeness (QED) is 0.364. The van der Waals surface area contributed by atoms with Crippen molar-refractivity contribution in [3.63, 3.8) is 0 Å². The monoisotopic (exact) mass is 187 g/mol. The first-order valence-electron chi connectivity index (χ1n) is 4.99. The molecule has 0 aliphatic heterocycles. The topological polar surface area (TPSA) is 12.4 Å². The molecule has 12 heavy (non-hydrogen) atoms. The van der Waals surface area contributed by atoms with E-state index in [-0.39, 0.29) is 0 Å². The third-order valence-electron chi connectivity index (χ3n) is 2.39. The van der Waals surface area contributed by atoms with Gasteiger partial charge in [0.1, 0.15) is 0 Å². The maximum absolute atomic E-state index is 5.55. The minimum absolute atomic E-state index is 0.738. The van der Waals surface area contributed by atoms with Crippen molar-refractivity contribution in [1.29, 1.82) is 0 Å². The normalized spacial score (nSPS) is 20.4. The van der Waals surface area contributed by atoms with Gasteiger partial charge in [-0.05, 0) is 25.2 Å². The number of rotatable bonds is 4. The lowest BCUT2D eigenvalue weighted by molar-refractivity contribution is 0.444. The van der Waals surface area contributed by atoms with Crippen LogP contribution in [-0.4, -0.2) is 18.6 Å². The first-order valence-corrected chi connectivity index (χ1v) is 5.53. The molecule has 0 spiro atoms. The van der Waals surface area contributed by atoms with Gasteiger partial charge < -0.3 is 0 Å². The maximum Gasteiger partial charge on any atom is 0.0396 e. The molecule has 1 nitrogen and oxygen atoms in total.